The first kappa shape index (κ1) is 13.6. The smallest absolute Gasteiger partial charge is 0.211 e. The first-order chi connectivity index (χ1) is 5.64. The summed E-state index contributed by atoms with van der Waals surface area (Å²) in [6.45, 7) is 0. The number of hydrogen-bond acceptors (Lipinski definition) is 2. The minimum absolute atomic E-state index is 0. The molecule has 0 heterocycles. The average Bonchev–Trinajstić information content (AvgIpc) is 2.06. The van der Waals surface area contributed by atoms with Gasteiger partial charge < -0.3 is 0 Å². The van der Waals surface area contributed by atoms with Gasteiger partial charge in [-0.3, -0.25) is 0 Å². The summed E-state index contributed by atoms with van der Waals surface area (Å²) in [7, 11) is -3.21. The van der Waals surface area contributed by atoms with Gasteiger partial charge in [0.2, 0.25) is 10.0 Å². The predicted molar refractivity (Wildman–Crippen MR) is 56.9 cm³/mol. The third-order valence-corrected chi connectivity index (χ3v) is 3.75. The van der Waals surface area contributed by atoms with Crippen LogP contribution < -0.4 is 3.75 Å². The van der Waals surface area contributed by atoms with Gasteiger partial charge in [-0.15, -0.1) is 3.75 Å². The molecular formula is C7H8BrNNaO2S. The van der Waals surface area contributed by atoms with Crippen molar-refractivity contribution in [3.05, 3.63) is 35.9 Å². The van der Waals surface area contributed by atoms with Gasteiger partial charge in [-0.25, -0.2) is 8.42 Å². The Labute approximate surface area is 109 Å². The molecule has 0 saturated heterocycles. The maximum atomic E-state index is 11.0. The van der Waals surface area contributed by atoms with Crippen LogP contribution in [0, 0.1) is 0 Å². The van der Waals surface area contributed by atoms with Crippen LogP contribution in [0.25, 0.3) is 0 Å². The zero-order valence-corrected chi connectivity index (χ0v) is 11.6. The van der Waals surface area contributed by atoms with Crippen LogP contribution in [0.4, 0.5) is 0 Å². The molecule has 0 bridgehead atoms. The Morgan fingerprint density at radius 3 is 2.23 bits per heavy atom. The van der Waals surface area contributed by atoms with E-state index in [2.05, 4.69) is 19.9 Å². The molecule has 67 valence electrons. The second-order valence-electron chi connectivity index (χ2n) is 2.32. The van der Waals surface area contributed by atoms with Gasteiger partial charge in [0.15, 0.2) is 0 Å². The molecule has 0 saturated carbocycles. The Morgan fingerprint density at radius 2 is 1.77 bits per heavy atom. The van der Waals surface area contributed by atoms with Gasteiger partial charge in [-0.1, -0.05) is 30.3 Å². The van der Waals surface area contributed by atoms with Crippen molar-refractivity contribution in [2.75, 3.05) is 0 Å². The van der Waals surface area contributed by atoms with Crippen LogP contribution in [-0.2, 0) is 15.8 Å². The first-order valence-electron chi connectivity index (χ1n) is 3.28. The van der Waals surface area contributed by atoms with E-state index in [1.165, 1.54) is 0 Å². The molecule has 1 aromatic rings. The van der Waals surface area contributed by atoms with Crippen LogP contribution in [0.2, 0.25) is 0 Å². The molecule has 0 unspecified atom stereocenters. The molecule has 1 radical (unpaired) electrons. The molecule has 0 amide bonds. The van der Waals surface area contributed by atoms with Crippen molar-refractivity contribution < 1.29 is 8.42 Å². The molecule has 0 aromatic heterocycles. The van der Waals surface area contributed by atoms with Gasteiger partial charge in [0, 0.05) is 45.7 Å². The molecular weight excluding hydrogens is 265 g/mol. The van der Waals surface area contributed by atoms with Gasteiger partial charge in [-0.2, -0.15) is 0 Å². The zero-order chi connectivity index (χ0) is 9.03. The van der Waals surface area contributed by atoms with E-state index >= 15 is 0 Å². The monoisotopic (exact) mass is 272 g/mol. The number of benzene rings is 1. The number of rotatable bonds is 3. The Morgan fingerprint density at radius 1 is 1.23 bits per heavy atom. The molecule has 3 nitrogen and oxygen atoms in total. The van der Waals surface area contributed by atoms with Gasteiger partial charge in [0.25, 0.3) is 0 Å². The fourth-order valence-corrected chi connectivity index (χ4v) is 1.85. The molecule has 0 aliphatic carbocycles. The molecule has 1 rings (SSSR count). The van der Waals surface area contributed by atoms with Gasteiger partial charge in [0.1, 0.15) is 0 Å². The van der Waals surface area contributed by atoms with E-state index in [9.17, 15) is 8.42 Å². The van der Waals surface area contributed by atoms with Crippen molar-refractivity contribution in [2.24, 2.45) is 0 Å². The Kier molecular flexibility index (Phi) is 6.45. The molecule has 6 heteroatoms. The van der Waals surface area contributed by atoms with Crippen molar-refractivity contribution in [1.82, 2.24) is 3.75 Å². The molecule has 0 aliphatic rings. The molecule has 1 aromatic carbocycles. The van der Waals surface area contributed by atoms with E-state index in [0.717, 1.165) is 5.56 Å². The van der Waals surface area contributed by atoms with Gasteiger partial charge >= 0.3 is 0 Å². The van der Waals surface area contributed by atoms with Crippen LogP contribution in [0.15, 0.2) is 30.3 Å². The topological polar surface area (TPSA) is 46.2 Å². The minimum atomic E-state index is -3.21. The van der Waals surface area contributed by atoms with Gasteiger partial charge in [-0.05, 0) is 5.56 Å². The summed E-state index contributed by atoms with van der Waals surface area (Å²) in [4.78, 5) is 0. The van der Waals surface area contributed by atoms with Crippen LogP contribution in [0.3, 0.4) is 0 Å². The van der Waals surface area contributed by atoms with Crippen molar-refractivity contribution in [2.45, 2.75) is 5.75 Å². The van der Waals surface area contributed by atoms with E-state index in [4.69, 9.17) is 0 Å². The van der Waals surface area contributed by atoms with E-state index in [0.29, 0.717) is 0 Å². The Bertz CT molecular complexity index is 341. The Balaban J connectivity index is 0.00000144. The molecule has 0 spiro atoms. The normalized spacial score (nSPS) is 10.5. The zero-order valence-electron chi connectivity index (χ0n) is 7.20. The quantitative estimate of drug-likeness (QED) is 0.660. The standard InChI is InChI=1S/C7H8BrNO2S.Na/c8-9-12(10,11)6-7-4-2-1-3-5-7;/h1-5,9H,6H2;. The predicted octanol–water partition coefficient (Wildman–Crippen LogP) is 1.04. The summed E-state index contributed by atoms with van der Waals surface area (Å²) in [5.74, 6) is -0.000903. The third kappa shape index (κ3) is 5.15. The Hall–Kier alpha value is 0.610. The molecule has 13 heavy (non-hydrogen) atoms. The summed E-state index contributed by atoms with van der Waals surface area (Å²) in [5.41, 5.74) is 0.768. The van der Waals surface area contributed by atoms with E-state index in [1.807, 2.05) is 6.07 Å². The number of halogens is 1. The molecule has 0 atom stereocenters. The van der Waals surface area contributed by atoms with E-state index < -0.39 is 10.0 Å². The number of sulfonamides is 1. The summed E-state index contributed by atoms with van der Waals surface area (Å²) in [5, 5.41) is 0. The second-order valence-corrected chi connectivity index (χ2v) is 4.97. The summed E-state index contributed by atoms with van der Waals surface area (Å²) < 4.78 is 24.1. The first-order valence-corrected chi connectivity index (χ1v) is 5.72. The van der Waals surface area contributed by atoms with Crippen molar-refractivity contribution in [3.63, 3.8) is 0 Å². The van der Waals surface area contributed by atoms with Crippen molar-refractivity contribution in [1.29, 1.82) is 0 Å². The van der Waals surface area contributed by atoms with E-state index in [1.54, 1.807) is 24.3 Å². The van der Waals surface area contributed by atoms with Crippen LogP contribution in [0.5, 0.6) is 0 Å². The second kappa shape index (κ2) is 6.16. The summed E-state index contributed by atoms with van der Waals surface area (Å²) in [6, 6.07) is 8.99. The largest absolute Gasteiger partial charge is 0.225 e. The maximum Gasteiger partial charge on any atom is 0.225 e. The SMILES string of the molecule is O=S(=O)(Cc1ccccc1)NBr.[Na]. The summed E-state index contributed by atoms with van der Waals surface area (Å²) in [6.07, 6.45) is 0. The summed E-state index contributed by atoms with van der Waals surface area (Å²) >= 11 is 2.69. The van der Waals surface area contributed by atoms with Crippen molar-refractivity contribution in [3.8, 4) is 0 Å². The maximum absolute atomic E-state index is 11.0. The third-order valence-electron chi connectivity index (χ3n) is 1.32. The molecule has 1 N–H and O–H groups in total. The molecule has 0 aliphatic heterocycles. The van der Waals surface area contributed by atoms with E-state index in [-0.39, 0.29) is 35.3 Å². The fraction of sp³-hybridized carbons (Fsp3) is 0.143. The number of nitrogens with one attached hydrogen (secondary N) is 1. The van der Waals surface area contributed by atoms with Crippen LogP contribution in [-0.4, -0.2) is 38.0 Å². The van der Waals surface area contributed by atoms with Gasteiger partial charge in [0.05, 0.1) is 5.75 Å². The fourth-order valence-electron chi connectivity index (χ4n) is 0.821. The number of hydrogen-bond donors (Lipinski definition) is 1. The van der Waals surface area contributed by atoms with Crippen LogP contribution in [0.1, 0.15) is 5.56 Å². The average molecular weight is 273 g/mol. The van der Waals surface area contributed by atoms with Crippen molar-refractivity contribution >= 4 is 55.7 Å². The molecule has 0 fully saturated rings. The minimum Gasteiger partial charge on any atom is -0.211 e. The van der Waals surface area contributed by atoms with Crippen LogP contribution >= 0.6 is 16.1 Å².